The van der Waals surface area contributed by atoms with Crippen molar-refractivity contribution in [2.75, 3.05) is 0 Å². The maximum atomic E-state index is 15.8. The van der Waals surface area contributed by atoms with Gasteiger partial charge < -0.3 is 47.2 Å². The minimum absolute atomic E-state index is 0. The second kappa shape index (κ2) is 20.2. The van der Waals surface area contributed by atoms with Crippen molar-refractivity contribution in [1.82, 2.24) is 19.9 Å². The van der Waals surface area contributed by atoms with Crippen LogP contribution in [0.15, 0.2) is 24.3 Å². The summed E-state index contributed by atoms with van der Waals surface area (Å²) < 4.78 is 303. The number of benzene rings is 4. The summed E-state index contributed by atoms with van der Waals surface area (Å²) in [5.74, 6) is -52.6. The topological polar surface area (TPSA) is 57.4 Å². The number of nitrogens with one attached hydrogen (secondary N) is 2. The van der Waals surface area contributed by atoms with E-state index >= 15 is 35.1 Å². The van der Waals surface area contributed by atoms with Crippen molar-refractivity contribution >= 4 is 63.7 Å². The largest absolute Gasteiger partial charge is 3.00 e. The summed E-state index contributed by atoms with van der Waals surface area (Å²) in [7, 11) is 0. The third-order valence-corrected chi connectivity index (χ3v) is 10.6. The van der Waals surface area contributed by atoms with Gasteiger partial charge in [-0.25, -0.2) is 97.8 Å². The number of hydrogen-bond donors (Lipinski definition) is 2. The molecule has 0 spiro atoms. The van der Waals surface area contributed by atoms with Crippen LogP contribution in [0.3, 0.4) is 0 Å². The molecule has 2 N–H and O–H groups in total. The van der Waals surface area contributed by atoms with Crippen LogP contribution in [0.2, 0.25) is 0 Å². The van der Waals surface area contributed by atoms with E-state index in [9.17, 15) is 52.7 Å². The van der Waals surface area contributed by atoms with Crippen molar-refractivity contribution in [3.05, 3.63) is 163 Å². The molecule has 0 saturated carbocycles. The van der Waals surface area contributed by atoms with Crippen LogP contribution >= 0.6 is 0 Å². The minimum atomic E-state index is -2.72. The van der Waals surface area contributed by atoms with Crippen molar-refractivity contribution in [3.63, 3.8) is 0 Å². The second-order valence-electron chi connectivity index (χ2n) is 14.3. The van der Waals surface area contributed by atoms with Crippen LogP contribution in [-0.2, 0) is 0 Å². The van der Waals surface area contributed by atoms with Gasteiger partial charge in [0.15, 0.2) is 93.1 Å². The molecule has 72 heavy (non-hydrogen) atoms. The number of nitrogens with zero attached hydrogens (tertiary/aromatic N) is 2. The van der Waals surface area contributed by atoms with E-state index in [-0.39, 0.29) is 54.6 Å². The van der Waals surface area contributed by atoms with Crippen molar-refractivity contribution in [2.24, 2.45) is 0 Å². The Morgan fingerprint density at radius 2 is 0.361 bits per heavy atom. The SMILES string of the molecule is Fc1c(F)c(F)c(-c2c3nc(c(-c4c(F)c(F)c(F)c(F)c4F)c4ccc([nH]4)c(-c4c(F)c(F)c(F)c(F)c4F)c4nc(c(-c5c(F)c(F)c(F)c(F)c5F)c5ccc2[nH]5)C=C4)C=C3)c(F)c1F.[Al+3].[Cl-].[Cl-].[Cl-]. The molecule has 0 amide bonds. The van der Waals surface area contributed by atoms with Crippen molar-refractivity contribution in [2.45, 2.75) is 0 Å². The van der Waals surface area contributed by atoms with Gasteiger partial charge in [-0.15, -0.1) is 0 Å². The maximum Gasteiger partial charge on any atom is 3.00 e. The molecule has 0 fully saturated rings. The molecular weight excluding hydrogens is 1100 g/mol. The van der Waals surface area contributed by atoms with E-state index < -0.39 is 206 Å². The zero-order valence-corrected chi connectivity index (χ0v) is 37.2. The van der Waals surface area contributed by atoms with Crippen molar-refractivity contribution < 1.29 is 125 Å². The molecule has 7 aromatic rings. The van der Waals surface area contributed by atoms with Gasteiger partial charge in [0.1, 0.15) is 0 Å². The quantitative estimate of drug-likeness (QED) is 0.116. The number of H-pyrrole nitrogens is 2. The molecule has 2 aliphatic rings. The van der Waals surface area contributed by atoms with E-state index in [0.717, 1.165) is 0 Å². The minimum Gasteiger partial charge on any atom is -1.00 e. The van der Waals surface area contributed by atoms with Crippen LogP contribution < -0.4 is 37.2 Å². The van der Waals surface area contributed by atoms with Crippen LogP contribution in [0.4, 0.5) is 87.8 Å². The zero-order valence-electron chi connectivity index (χ0n) is 33.8. The number of halogens is 23. The van der Waals surface area contributed by atoms with E-state index in [2.05, 4.69) is 19.9 Å². The van der Waals surface area contributed by atoms with Gasteiger partial charge in [-0.2, -0.15) is 0 Å². The third-order valence-electron chi connectivity index (χ3n) is 10.6. The Hall–Kier alpha value is -6.52. The normalized spacial score (nSPS) is 11.6. The maximum absolute atomic E-state index is 15.8. The molecule has 4 nitrogen and oxygen atoms in total. The Morgan fingerprint density at radius 1 is 0.222 bits per heavy atom. The van der Waals surface area contributed by atoms with E-state index in [0.29, 0.717) is 48.6 Å². The van der Waals surface area contributed by atoms with Gasteiger partial charge in [0.2, 0.25) is 23.3 Å². The summed E-state index contributed by atoms with van der Waals surface area (Å²) in [6, 6.07) is 2.51. The molecule has 2 aliphatic heterocycles. The second-order valence-corrected chi connectivity index (χ2v) is 14.3. The predicted octanol–water partition coefficient (Wildman–Crippen LogP) is 4.74. The van der Waals surface area contributed by atoms with Gasteiger partial charge in [0.25, 0.3) is 0 Å². The van der Waals surface area contributed by atoms with E-state index in [1.807, 2.05) is 0 Å². The summed E-state index contributed by atoms with van der Waals surface area (Å²) in [4.78, 5) is 12.3. The predicted molar refractivity (Wildman–Crippen MR) is 206 cm³/mol. The molecule has 9 rings (SSSR count). The Bertz CT molecular complexity index is 3140. The Morgan fingerprint density at radius 3 is 0.514 bits per heavy atom. The molecule has 0 unspecified atom stereocenters. The zero-order chi connectivity index (χ0) is 49.3. The first-order valence-electron chi connectivity index (χ1n) is 18.3. The number of hydrogen-bond acceptors (Lipinski definition) is 2. The van der Waals surface area contributed by atoms with Crippen molar-refractivity contribution in [1.29, 1.82) is 0 Å². The first-order valence-corrected chi connectivity index (χ1v) is 18.3. The monoisotopic (exact) mass is 1110 g/mol. The molecule has 5 heterocycles. The van der Waals surface area contributed by atoms with Gasteiger partial charge in [-0.05, 0) is 48.6 Å². The standard InChI is InChI=1S/C44H10F20N4.Al.3ClH/c45-25-21(26(46)34(54)41(61)33(25)53)17-9-1-2-10(65-9)18(22-27(47)35(55)42(62)36(56)28(22)48)12-5-6-14(67-12)20(24-31(51)39(59)44(64)40(60)32(24)52)16-8-7-15(68-16)19(13-4-3-11(17)66-13)23-29(49)37(57)43(63)38(58)30(23)50;;;;/h1-8,65,68H;;3*1H/q;+3;;;/p-3. The van der Waals surface area contributed by atoms with Crippen LogP contribution in [0.25, 0.3) is 90.9 Å². The fourth-order valence-corrected chi connectivity index (χ4v) is 7.56. The van der Waals surface area contributed by atoms with Gasteiger partial charge in [-0.3, -0.25) is 0 Å². The summed E-state index contributed by atoms with van der Waals surface area (Å²) in [6.07, 6.45) is 2.40. The fourth-order valence-electron chi connectivity index (χ4n) is 7.56. The van der Waals surface area contributed by atoms with Gasteiger partial charge in [-0.1, -0.05) is 0 Å². The molecule has 0 atom stereocenters. The molecule has 8 bridgehead atoms. The molecule has 0 radical (unpaired) electrons. The van der Waals surface area contributed by atoms with E-state index in [1.54, 1.807) is 0 Å². The van der Waals surface area contributed by atoms with Gasteiger partial charge >= 0.3 is 17.4 Å². The first-order chi connectivity index (χ1) is 32.1. The molecule has 370 valence electrons. The molecule has 0 saturated heterocycles. The van der Waals surface area contributed by atoms with E-state index in [4.69, 9.17) is 0 Å². The van der Waals surface area contributed by atoms with Crippen LogP contribution in [-0.4, -0.2) is 37.3 Å². The average Bonchev–Trinajstić information content (AvgIpc) is 4.18. The number of aromatic amines is 2. The van der Waals surface area contributed by atoms with Crippen LogP contribution in [0.1, 0.15) is 22.8 Å². The Kier molecular flexibility index (Phi) is 15.8. The molecular formula is C44H10AlCl3F20N4. The van der Waals surface area contributed by atoms with E-state index in [1.165, 1.54) is 0 Å². The first kappa shape index (κ1) is 56.4. The fraction of sp³-hybridized carbons (Fsp3) is 0. The molecule has 4 aromatic carbocycles. The number of rotatable bonds is 4. The van der Waals surface area contributed by atoms with Gasteiger partial charge in [0.05, 0.1) is 45.0 Å². The third kappa shape index (κ3) is 8.23. The average molecular weight is 1110 g/mol. The molecule has 0 aliphatic carbocycles. The van der Waals surface area contributed by atoms with Crippen LogP contribution in [0.5, 0.6) is 0 Å². The Balaban J connectivity index is 0.00000241. The summed E-state index contributed by atoms with van der Waals surface area (Å²) in [5, 5.41) is 0. The molecule has 28 heteroatoms. The number of aromatic nitrogens is 4. The summed E-state index contributed by atoms with van der Waals surface area (Å²) in [5.41, 5.74) is -20.5. The smallest absolute Gasteiger partial charge is 1.00 e. The molecule has 3 aromatic heterocycles. The number of fused-ring (bicyclic) bond motifs is 8. The van der Waals surface area contributed by atoms with Crippen molar-refractivity contribution in [3.8, 4) is 44.5 Å². The summed E-state index contributed by atoms with van der Waals surface area (Å²) in [6.45, 7) is 0. The summed E-state index contributed by atoms with van der Waals surface area (Å²) >= 11 is 0. The van der Waals surface area contributed by atoms with Crippen LogP contribution in [0, 0.1) is 116 Å². The van der Waals surface area contributed by atoms with Gasteiger partial charge in [0, 0.05) is 44.3 Å². The Labute approximate surface area is 415 Å².